The summed E-state index contributed by atoms with van der Waals surface area (Å²) in [6.45, 7) is 4.07. The van der Waals surface area contributed by atoms with Gasteiger partial charge in [-0.3, -0.25) is 9.59 Å². The van der Waals surface area contributed by atoms with Gasteiger partial charge in [-0.05, 0) is 39.5 Å². The molecule has 1 N–H and O–H groups in total. The summed E-state index contributed by atoms with van der Waals surface area (Å²) in [5.74, 6) is -0.599. The van der Waals surface area contributed by atoms with Crippen LogP contribution in [0.25, 0.3) is 0 Å². The molecule has 0 aliphatic heterocycles. The number of carbonyl (C=O) groups excluding carboxylic acids is 1. The summed E-state index contributed by atoms with van der Waals surface area (Å²) >= 11 is 0. The van der Waals surface area contributed by atoms with Gasteiger partial charge in [0.1, 0.15) is 0 Å². The first-order valence-corrected chi connectivity index (χ1v) is 6.05. The molecule has 4 nitrogen and oxygen atoms in total. The predicted molar refractivity (Wildman–Crippen MR) is 61.1 cm³/mol. The van der Waals surface area contributed by atoms with Crippen molar-refractivity contribution in [1.82, 2.24) is 4.90 Å². The van der Waals surface area contributed by atoms with E-state index in [2.05, 4.69) is 0 Å². The number of amides is 1. The summed E-state index contributed by atoms with van der Waals surface area (Å²) < 4.78 is 0. The number of aliphatic carboxylic acids is 1. The van der Waals surface area contributed by atoms with Gasteiger partial charge in [-0.2, -0.15) is 0 Å². The van der Waals surface area contributed by atoms with E-state index >= 15 is 0 Å². The van der Waals surface area contributed by atoms with E-state index in [0.29, 0.717) is 25.3 Å². The highest BCUT2D eigenvalue weighted by molar-refractivity contribution is 5.77. The van der Waals surface area contributed by atoms with E-state index in [-0.39, 0.29) is 18.4 Å². The highest BCUT2D eigenvalue weighted by atomic mass is 16.4. The minimum Gasteiger partial charge on any atom is -0.481 e. The number of hydrogen-bond donors (Lipinski definition) is 1. The molecule has 1 saturated carbocycles. The molecule has 0 atom stereocenters. The minimum atomic E-state index is -0.782. The lowest BCUT2D eigenvalue weighted by Gasteiger charge is -2.26. The topological polar surface area (TPSA) is 57.6 Å². The van der Waals surface area contributed by atoms with Crippen LogP contribution in [0.1, 0.15) is 52.4 Å². The molecule has 1 rings (SSSR count). The maximum atomic E-state index is 11.9. The van der Waals surface area contributed by atoms with Crippen LogP contribution in [-0.2, 0) is 9.59 Å². The molecule has 1 aliphatic carbocycles. The van der Waals surface area contributed by atoms with Gasteiger partial charge in [0.05, 0.1) is 0 Å². The Bertz CT molecular complexity index is 257. The van der Waals surface area contributed by atoms with Crippen LogP contribution in [0.3, 0.4) is 0 Å². The molecule has 92 valence electrons. The monoisotopic (exact) mass is 227 g/mol. The van der Waals surface area contributed by atoms with Gasteiger partial charge in [-0.15, -0.1) is 0 Å². The van der Waals surface area contributed by atoms with Crippen LogP contribution in [0.15, 0.2) is 0 Å². The number of hydrogen-bond acceptors (Lipinski definition) is 2. The summed E-state index contributed by atoms with van der Waals surface area (Å²) in [5.41, 5.74) is 0. The molecule has 0 unspecified atom stereocenters. The van der Waals surface area contributed by atoms with Gasteiger partial charge in [0.2, 0.25) is 5.91 Å². The fourth-order valence-electron chi connectivity index (χ4n) is 1.95. The van der Waals surface area contributed by atoms with Gasteiger partial charge in [0, 0.05) is 24.9 Å². The maximum Gasteiger partial charge on any atom is 0.303 e. The average Bonchev–Trinajstić information content (AvgIpc) is 2.96. The Hall–Kier alpha value is -1.06. The second kappa shape index (κ2) is 5.87. The first-order chi connectivity index (χ1) is 7.52. The molecule has 4 heteroatoms. The largest absolute Gasteiger partial charge is 0.481 e. The summed E-state index contributed by atoms with van der Waals surface area (Å²) in [7, 11) is 0. The van der Waals surface area contributed by atoms with E-state index < -0.39 is 5.97 Å². The molecule has 16 heavy (non-hydrogen) atoms. The zero-order chi connectivity index (χ0) is 12.1. The summed E-state index contributed by atoms with van der Waals surface area (Å²) in [5, 5.41) is 8.48. The number of rotatable bonds is 7. The predicted octanol–water partition coefficient (Wildman–Crippen LogP) is 2.03. The van der Waals surface area contributed by atoms with Crippen molar-refractivity contribution >= 4 is 11.9 Å². The van der Waals surface area contributed by atoms with Crippen molar-refractivity contribution in [1.29, 1.82) is 0 Å². The summed E-state index contributed by atoms with van der Waals surface area (Å²) in [4.78, 5) is 24.2. The third-order valence-corrected chi connectivity index (χ3v) is 2.82. The van der Waals surface area contributed by atoms with E-state index in [1.807, 2.05) is 18.7 Å². The van der Waals surface area contributed by atoms with Gasteiger partial charge in [0.15, 0.2) is 0 Å². The lowest BCUT2D eigenvalue weighted by atomic mass is 10.1. The van der Waals surface area contributed by atoms with Crippen LogP contribution in [-0.4, -0.2) is 34.0 Å². The van der Waals surface area contributed by atoms with Gasteiger partial charge in [-0.1, -0.05) is 0 Å². The molecule has 0 aromatic rings. The number of nitrogens with zero attached hydrogens (tertiary/aromatic N) is 1. The van der Waals surface area contributed by atoms with Crippen molar-refractivity contribution in [2.45, 2.75) is 64.5 Å². The Morgan fingerprint density at radius 2 is 1.81 bits per heavy atom. The Labute approximate surface area is 96.6 Å². The van der Waals surface area contributed by atoms with E-state index in [9.17, 15) is 9.59 Å². The van der Waals surface area contributed by atoms with Crippen molar-refractivity contribution in [2.24, 2.45) is 0 Å². The molecule has 0 aromatic carbocycles. The van der Waals surface area contributed by atoms with E-state index in [1.165, 1.54) is 0 Å². The average molecular weight is 227 g/mol. The second-order valence-electron chi connectivity index (χ2n) is 4.73. The van der Waals surface area contributed by atoms with Crippen LogP contribution >= 0.6 is 0 Å². The van der Waals surface area contributed by atoms with Crippen molar-refractivity contribution in [3.05, 3.63) is 0 Å². The van der Waals surface area contributed by atoms with E-state index in [0.717, 1.165) is 12.8 Å². The normalized spacial score (nSPS) is 15.2. The molecule has 0 heterocycles. The zero-order valence-corrected chi connectivity index (χ0v) is 10.1. The van der Waals surface area contributed by atoms with Crippen LogP contribution < -0.4 is 0 Å². The van der Waals surface area contributed by atoms with Crippen molar-refractivity contribution in [3.63, 3.8) is 0 Å². The summed E-state index contributed by atoms with van der Waals surface area (Å²) in [6.07, 6.45) is 4.18. The second-order valence-corrected chi connectivity index (χ2v) is 4.73. The molecular formula is C12H21NO3. The Morgan fingerprint density at radius 1 is 1.25 bits per heavy atom. The van der Waals surface area contributed by atoms with E-state index in [1.54, 1.807) is 0 Å². The van der Waals surface area contributed by atoms with Crippen LogP contribution in [0.4, 0.5) is 0 Å². The quantitative estimate of drug-likeness (QED) is 0.677. The maximum absolute atomic E-state index is 11.9. The molecule has 0 radical (unpaired) electrons. The number of unbranched alkanes of at least 4 members (excludes halogenated alkanes) is 1. The van der Waals surface area contributed by atoms with Crippen molar-refractivity contribution in [3.8, 4) is 0 Å². The Morgan fingerprint density at radius 3 is 2.25 bits per heavy atom. The molecule has 1 amide bonds. The van der Waals surface area contributed by atoms with Crippen LogP contribution in [0.2, 0.25) is 0 Å². The zero-order valence-electron chi connectivity index (χ0n) is 10.1. The smallest absolute Gasteiger partial charge is 0.303 e. The molecule has 0 aromatic heterocycles. The van der Waals surface area contributed by atoms with Gasteiger partial charge in [-0.25, -0.2) is 0 Å². The highest BCUT2D eigenvalue weighted by Gasteiger charge is 2.33. The van der Waals surface area contributed by atoms with Gasteiger partial charge < -0.3 is 10.0 Å². The Kier molecular flexibility index (Phi) is 4.77. The first-order valence-electron chi connectivity index (χ1n) is 6.05. The summed E-state index contributed by atoms with van der Waals surface area (Å²) in [6, 6.07) is 0.714. The first kappa shape index (κ1) is 13.0. The molecule has 0 saturated heterocycles. The van der Waals surface area contributed by atoms with Crippen molar-refractivity contribution < 1.29 is 14.7 Å². The van der Waals surface area contributed by atoms with Crippen LogP contribution in [0, 0.1) is 0 Å². The molecule has 0 spiro atoms. The highest BCUT2D eigenvalue weighted by Crippen LogP contribution is 2.29. The lowest BCUT2D eigenvalue weighted by Crippen LogP contribution is -2.38. The minimum absolute atomic E-state index is 0.165. The van der Waals surface area contributed by atoms with E-state index in [4.69, 9.17) is 5.11 Å². The molecule has 1 aliphatic rings. The number of carboxylic acids is 1. The van der Waals surface area contributed by atoms with Gasteiger partial charge >= 0.3 is 5.97 Å². The number of carboxylic acid groups (broad SMARTS) is 1. The standard InChI is InChI=1S/C12H21NO3/c1-9(2)13(10-7-8-10)11(14)5-3-4-6-12(15)16/h9-10H,3-8H2,1-2H3,(H,15,16). The third kappa shape index (κ3) is 4.21. The van der Waals surface area contributed by atoms with Crippen LogP contribution in [0.5, 0.6) is 0 Å². The Balaban J connectivity index is 2.24. The lowest BCUT2D eigenvalue weighted by molar-refractivity contribution is -0.138. The SMILES string of the molecule is CC(C)N(C(=O)CCCCC(=O)O)C1CC1. The van der Waals surface area contributed by atoms with Crippen molar-refractivity contribution in [2.75, 3.05) is 0 Å². The fourth-order valence-corrected chi connectivity index (χ4v) is 1.95. The molecule has 1 fully saturated rings. The molecular weight excluding hydrogens is 206 g/mol. The molecule has 0 bridgehead atoms. The number of carbonyl (C=O) groups is 2. The fraction of sp³-hybridized carbons (Fsp3) is 0.833. The van der Waals surface area contributed by atoms with Gasteiger partial charge in [0.25, 0.3) is 0 Å². The third-order valence-electron chi connectivity index (χ3n) is 2.82.